The Morgan fingerprint density at radius 1 is 1.60 bits per heavy atom. The zero-order chi connectivity index (χ0) is 11.3. The van der Waals surface area contributed by atoms with Gasteiger partial charge in [-0.25, -0.2) is 0 Å². The molecule has 1 fully saturated rings. The number of allylic oxidation sites excluding steroid dienone is 5. The number of rotatable bonds is 4. The Labute approximate surface area is 93.3 Å². The fourth-order valence-corrected chi connectivity index (χ4v) is 2.16. The largest absolute Gasteiger partial charge is 0.286 e. The highest BCUT2D eigenvalue weighted by Gasteiger charge is 2.31. The summed E-state index contributed by atoms with van der Waals surface area (Å²) in [5.74, 6) is -0.204. The molecule has 0 bridgehead atoms. The number of carbonyl (C=O) groups excluding carboxylic acids is 2. The molecule has 0 aromatic carbocycles. The van der Waals surface area contributed by atoms with Crippen molar-refractivity contribution in [3.63, 3.8) is 0 Å². The van der Waals surface area contributed by atoms with Crippen molar-refractivity contribution >= 4 is 22.9 Å². The number of hydrogen-bond donors (Lipinski definition) is 1. The molecule has 1 heterocycles. The first-order valence-corrected chi connectivity index (χ1v) is 5.51. The monoisotopic (exact) mass is 223 g/mol. The van der Waals surface area contributed by atoms with Gasteiger partial charge < -0.3 is 0 Å². The first-order chi connectivity index (χ1) is 7.17. The number of hydrogen-bond acceptors (Lipinski definition) is 3. The van der Waals surface area contributed by atoms with E-state index in [1.165, 1.54) is 0 Å². The number of nitrogens with one attached hydrogen (secondary N) is 1. The van der Waals surface area contributed by atoms with Gasteiger partial charge in [-0.3, -0.25) is 14.9 Å². The minimum Gasteiger partial charge on any atom is -0.286 e. The smallest absolute Gasteiger partial charge is 0.286 e. The van der Waals surface area contributed by atoms with Crippen LogP contribution in [0, 0.1) is 0 Å². The number of imide groups is 1. The first kappa shape index (κ1) is 11.8. The van der Waals surface area contributed by atoms with E-state index in [9.17, 15) is 9.59 Å². The molecule has 0 saturated carbocycles. The van der Waals surface area contributed by atoms with Crippen LogP contribution in [0.1, 0.15) is 13.3 Å². The molecule has 3 nitrogen and oxygen atoms in total. The summed E-state index contributed by atoms with van der Waals surface area (Å²) in [7, 11) is 0. The van der Waals surface area contributed by atoms with Gasteiger partial charge in [0.2, 0.25) is 5.91 Å². The highest BCUT2D eigenvalue weighted by Crippen LogP contribution is 2.25. The molecule has 1 rings (SSSR count). The molecule has 0 aromatic rings. The Morgan fingerprint density at radius 3 is 2.80 bits per heavy atom. The SMILES string of the molecule is C=C/C=C(\C=C/C)CC1SC(=O)NC1=O. The van der Waals surface area contributed by atoms with Crippen LogP contribution in [-0.4, -0.2) is 16.4 Å². The fourth-order valence-electron chi connectivity index (χ4n) is 1.30. The summed E-state index contributed by atoms with van der Waals surface area (Å²) >= 11 is 1.05. The molecule has 0 radical (unpaired) electrons. The van der Waals surface area contributed by atoms with E-state index in [0.29, 0.717) is 6.42 Å². The van der Waals surface area contributed by atoms with E-state index in [-0.39, 0.29) is 16.4 Å². The van der Waals surface area contributed by atoms with Crippen LogP contribution in [0.25, 0.3) is 0 Å². The highest BCUT2D eigenvalue weighted by molar-refractivity contribution is 8.15. The molecule has 15 heavy (non-hydrogen) atoms. The molecule has 0 aromatic heterocycles. The summed E-state index contributed by atoms with van der Waals surface area (Å²) in [6.45, 7) is 5.51. The van der Waals surface area contributed by atoms with Crippen LogP contribution >= 0.6 is 11.8 Å². The zero-order valence-corrected chi connectivity index (χ0v) is 9.34. The van der Waals surface area contributed by atoms with Crippen molar-refractivity contribution in [1.82, 2.24) is 5.32 Å². The van der Waals surface area contributed by atoms with E-state index >= 15 is 0 Å². The van der Waals surface area contributed by atoms with Crippen LogP contribution in [0.15, 0.2) is 36.5 Å². The minimum absolute atomic E-state index is 0.204. The van der Waals surface area contributed by atoms with E-state index < -0.39 is 0 Å². The summed E-state index contributed by atoms with van der Waals surface area (Å²) < 4.78 is 0. The van der Waals surface area contributed by atoms with Crippen molar-refractivity contribution in [3.8, 4) is 0 Å². The molecule has 1 aliphatic heterocycles. The van der Waals surface area contributed by atoms with Crippen molar-refractivity contribution in [2.45, 2.75) is 18.6 Å². The standard InChI is InChI=1S/C11H13NO2S/c1-3-5-8(6-4-2)7-9-10(13)12-11(14)15-9/h3-6,9H,1,7H2,2H3,(H,12,13,14)/b6-4-,8-5+. The van der Waals surface area contributed by atoms with Gasteiger partial charge in [-0.1, -0.05) is 42.6 Å². The van der Waals surface area contributed by atoms with Gasteiger partial charge in [0.25, 0.3) is 5.24 Å². The van der Waals surface area contributed by atoms with Gasteiger partial charge in [-0.2, -0.15) is 0 Å². The van der Waals surface area contributed by atoms with E-state index in [2.05, 4.69) is 11.9 Å². The van der Waals surface area contributed by atoms with Crippen molar-refractivity contribution in [3.05, 3.63) is 36.5 Å². The van der Waals surface area contributed by atoms with Crippen molar-refractivity contribution < 1.29 is 9.59 Å². The molecule has 1 unspecified atom stereocenters. The van der Waals surface area contributed by atoms with Gasteiger partial charge in [0, 0.05) is 0 Å². The lowest BCUT2D eigenvalue weighted by Crippen LogP contribution is -2.24. The molecule has 80 valence electrons. The van der Waals surface area contributed by atoms with Gasteiger partial charge in [0.15, 0.2) is 0 Å². The summed E-state index contributed by atoms with van der Waals surface area (Å²) in [4.78, 5) is 22.2. The van der Waals surface area contributed by atoms with E-state index in [1.54, 1.807) is 6.08 Å². The maximum absolute atomic E-state index is 11.3. The summed E-state index contributed by atoms with van der Waals surface area (Å²) in [6.07, 6.45) is 7.89. The molecule has 1 saturated heterocycles. The molecule has 1 N–H and O–H groups in total. The Hall–Kier alpha value is -1.29. The van der Waals surface area contributed by atoms with Crippen LogP contribution in [0.3, 0.4) is 0 Å². The third-order valence-electron chi connectivity index (χ3n) is 1.90. The van der Waals surface area contributed by atoms with Crippen LogP contribution < -0.4 is 5.32 Å². The third kappa shape index (κ3) is 3.40. The average molecular weight is 223 g/mol. The zero-order valence-electron chi connectivity index (χ0n) is 8.53. The van der Waals surface area contributed by atoms with Gasteiger partial charge in [0.1, 0.15) is 0 Å². The molecular formula is C11H13NO2S. The Bertz CT molecular complexity index is 344. The van der Waals surface area contributed by atoms with Crippen LogP contribution in [-0.2, 0) is 4.79 Å². The van der Waals surface area contributed by atoms with Crippen molar-refractivity contribution in [2.24, 2.45) is 0 Å². The lowest BCUT2D eigenvalue weighted by molar-refractivity contribution is -0.118. The van der Waals surface area contributed by atoms with Crippen molar-refractivity contribution in [1.29, 1.82) is 0 Å². The van der Waals surface area contributed by atoms with Gasteiger partial charge >= 0.3 is 0 Å². The second kappa shape index (κ2) is 5.56. The first-order valence-electron chi connectivity index (χ1n) is 4.63. The molecule has 0 spiro atoms. The third-order valence-corrected chi connectivity index (χ3v) is 2.88. The molecule has 1 aliphatic rings. The van der Waals surface area contributed by atoms with Gasteiger partial charge in [-0.15, -0.1) is 0 Å². The number of thioether (sulfide) groups is 1. The summed E-state index contributed by atoms with van der Waals surface area (Å²) in [6, 6.07) is 0. The lowest BCUT2D eigenvalue weighted by Gasteiger charge is -2.05. The van der Waals surface area contributed by atoms with Crippen LogP contribution in [0.2, 0.25) is 0 Å². The van der Waals surface area contributed by atoms with E-state index in [1.807, 2.05) is 25.2 Å². The van der Waals surface area contributed by atoms with Crippen LogP contribution in [0.5, 0.6) is 0 Å². The van der Waals surface area contributed by atoms with Gasteiger partial charge in [0.05, 0.1) is 5.25 Å². The Kier molecular flexibility index (Phi) is 4.37. The molecular weight excluding hydrogens is 210 g/mol. The maximum atomic E-state index is 11.3. The average Bonchev–Trinajstić information content (AvgIpc) is 2.46. The number of amides is 2. The lowest BCUT2D eigenvalue weighted by atomic mass is 10.1. The molecule has 4 heteroatoms. The number of carbonyl (C=O) groups is 2. The predicted octanol–water partition coefficient (Wildman–Crippen LogP) is 2.42. The normalized spacial score (nSPS) is 22.2. The summed E-state index contributed by atoms with van der Waals surface area (Å²) in [5.41, 5.74) is 0.995. The van der Waals surface area contributed by atoms with Crippen molar-refractivity contribution in [2.75, 3.05) is 0 Å². The second-order valence-electron chi connectivity index (χ2n) is 3.06. The molecule has 2 amide bonds. The summed E-state index contributed by atoms with van der Waals surface area (Å²) in [5, 5.41) is 1.70. The molecule has 0 aliphatic carbocycles. The maximum Gasteiger partial charge on any atom is 0.286 e. The van der Waals surface area contributed by atoms with Crippen LogP contribution in [0.4, 0.5) is 4.79 Å². The minimum atomic E-state index is -0.306. The predicted molar refractivity (Wildman–Crippen MR) is 62.6 cm³/mol. The van der Waals surface area contributed by atoms with Gasteiger partial charge in [-0.05, 0) is 18.9 Å². The topological polar surface area (TPSA) is 46.2 Å². The van der Waals surface area contributed by atoms with E-state index in [0.717, 1.165) is 17.3 Å². The quantitative estimate of drug-likeness (QED) is 0.744. The van der Waals surface area contributed by atoms with E-state index in [4.69, 9.17) is 0 Å². The highest BCUT2D eigenvalue weighted by atomic mass is 32.2. The Balaban J connectivity index is 2.67. The second-order valence-corrected chi connectivity index (χ2v) is 4.24. The Morgan fingerprint density at radius 2 is 2.33 bits per heavy atom. The molecule has 1 atom stereocenters. The fraction of sp³-hybridized carbons (Fsp3) is 0.273.